The van der Waals surface area contributed by atoms with Gasteiger partial charge in [0.05, 0.1) is 6.54 Å². The highest BCUT2D eigenvalue weighted by molar-refractivity contribution is 9.10. The van der Waals surface area contributed by atoms with Crippen LogP contribution in [0.4, 0.5) is 0 Å². The molecule has 0 aliphatic carbocycles. The van der Waals surface area contributed by atoms with Gasteiger partial charge in [0.2, 0.25) is 0 Å². The average Bonchev–Trinajstić information content (AvgIpc) is 2.99. The fraction of sp³-hybridized carbons (Fsp3) is 0.125. The topological polar surface area (TPSA) is 42.7 Å². The SMILES string of the molecule is Brc1ccc(CNCc2nncn2-c2ccccc2)cc1.Cl. The van der Waals surface area contributed by atoms with Gasteiger partial charge in [-0.05, 0) is 29.8 Å². The van der Waals surface area contributed by atoms with E-state index in [0.29, 0.717) is 6.54 Å². The first kappa shape index (κ1) is 16.7. The monoisotopic (exact) mass is 378 g/mol. The van der Waals surface area contributed by atoms with Gasteiger partial charge >= 0.3 is 0 Å². The van der Waals surface area contributed by atoms with Crippen molar-refractivity contribution >= 4 is 28.3 Å². The van der Waals surface area contributed by atoms with Crippen LogP contribution in [0.2, 0.25) is 0 Å². The number of rotatable bonds is 5. The molecule has 4 nitrogen and oxygen atoms in total. The second kappa shape index (κ2) is 8.08. The van der Waals surface area contributed by atoms with Crippen LogP contribution in [0.5, 0.6) is 0 Å². The minimum Gasteiger partial charge on any atom is -0.306 e. The number of halogens is 2. The lowest BCUT2D eigenvalue weighted by Crippen LogP contribution is -2.16. The molecule has 114 valence electrons. The predicted molar refractivity (Wildman–Crippen MR) is 93.3 cm³/mol. The predicted octanol–water partition coefficient (Wildman–Crippen LogP) is 3.74. The smallest absolute Gasteiger partial charge is 0.151 e. The molecule has 22 heavy (non-hydrogen) atoms. The Morgan fingerprint density at radius 3 is 2.41 bits per heavy atom. The van der Waals surface area contributed by atoms with E-state index in [4.69, 9.17) is 0 Å². The summed E-state index contributed by atoms with van der Waals surface area (Å²) in [5, 5.41) is 11.6. The van der Waals surface area contributed by atoms with E-state index in [9.17, 15) is 0 Å². The summed E-state index contributed by atoms with van der Waals surface area (Å²) in [5.41, 5.74) is 2.31. The maximum atomic E-state index is 4.18. The molecule has 0 amide bonds. The summed E-state index contributed by atoms with van der Waals surface area (Å²) < 4.78 is 3.09. The first-order valence-electron chi connectivity index (χ1n) is 6.72. The van der Waals surface area contributed by atoms with Crippen LogP contribution in [0, 0.1) is 0 Å². The molecule has 3 aromatic rings. The Morgan fingerprint density at radius 2 is 1.68 bits per heavy atom. The molecule has 0 saturated carbocycles. The summed E-state index contributed by atoms with van der Waals surface area (Å²) in [5.74, 6) is 0.901. The molecule has 0 spiro atoms. The third kappa shape index (κ3) is 4.16. The van der Waals surface area contributed by atoms with Gasteiger partial charge in [-0.15, -0.1) is 22.6 Å². The number of para-hydroxylation sites is 1. The number of nitrogens with one attached hydrogen (secondary N) is 1. The zero-order valence-corrected chi connectivity index (χ0v) is 14.2. The molecule has 0 aliphatic heterocycles. The highest BCUT2D eigenvalue weighted by Crippen LogP contribution is 2.11. The van der Waals surface area contributed by atoms with Gasteiger partial charge in [-0.2, -0.15) is 0 Å². The fourth-order valence-corrected chi connectivity index (χ4v) is 2.37. The first-order chi connectivity index (χ1) is 10.3. The lowest BCUT2D eigenvalue weighted by atomic mass is 10.2. The molecule has 0 radical (unpaired) electrons. The van der Waals surface area contributed by atoms with Crippen molar-refractivity contribution in [2.24, 2.45) is 0 Å². The van der Waals surface area contributed by atoms with Gasteiger partial charge in [0.25, 0.3) is 0 Å². The van der Waals surface area contributed by atoms with Gasteiger partial charge in [-0.1, -0.05) is 46.3 Å². The molecule has 0 fully saturated rings. The molecule has 0 aliphatic rings. The largest absolute Gasteiger partial charge is 0.306 e. The second-order valence-electron chi connectivity index (χ2n) is 4.68. The van der Waals surface area contributed by atoms with Gasteiger partial charge in [-0.25, -0.2) is 0 Å². The van der Waals surface area contributed by atoms with Crippen molar-refractivity contribution in [1.29, 1.82) is 0 Å². The van der Waals surface area contributed by atoms with Gasteiger partial charge in [0.1, 0.15) is 6.33 Å². The van der Waals surface area contributed by atoms with Crippen LogP contribution in [0.1, 0.15) is 11.4 Å². The number of benzene rings is 2. The summed E-state index contributed by atoms with van der Waals surface area (Å²) >= 11 is 3.44. The standard InChI is InChI=1S/C16H15BrN4.ClH/c17-14-8-6-13(7-9-14)10-18-11-16-20-19-12-21(16)15-4-2-1-3-5-15;/h1-9,12,18H,10-11H2;1H. The molecule has 0 unspecified atom stereocenters. The molecule has 3 rings (SSSR count). The highest BCUT2D eigenvalue weighted by Gasteiger charge is 2.05. The Labute approximate surface area is 144 Å². The number of nitrogens with zero attached hydrogens (tertiary/aromatic N) is 3. The molecule has 0 atom stereocenters. The van der Waals surface area contributed by atoms with Crippen molar-refractivity contribution in [3.8, 4) is 5.69 Å². The Balaban J connectivity index is 0.00000176. The Morgan fingerprint density at radius 1 is 0.955 bits per heavy atom. The first-order valence-corrected chi connectivity index (χ1v) is 7.52. The minimum atomic E-state index is 0. The van der Waals surface area contributed by atoms with Crippen LogP contribution < -0.4 is 5.32 Å². The maximum Gasteiger partial charge on any atom is 0.151 e. The average molecular weight is 380 g/mol. The summed E-state index contributed by atoms with van der Waals surface area (Å²) in [4.78, 5) is 0. The van der Waals surface area contributed by atoms with Crippen LogP contribution in [-0.2, 0) is 13.1 Å². The maximum absolute atomic E-state index is 4.18. The molecule has 0 saturated heterocycles. The van der Waals surface area contributed by atoms with Crippen LogP contribution in [0.25, 0.3) is 5.69 Å². The molecule has 0 bridgehead atoms. The lowest BCUT2D eigenvalue weighted by Gasteiger charge is -2.08. The molecule has 6 heteroatoms. The summed E-state index contributed by atoms with van der Waals surface area (Å²) in [6.45, 7) is 1.47. The normalized spacial score (nSPS) is 10.2. The van der Waals surface area contributed by atoms with E-state index < -0.39 is 0 Å². The second-order valence-corrected chi connectivity index (χ2v) is 5.60. The van der Waals surface area contributed by atoms with E-state index in [1.54, 1.807) is 6.33 Å². The van der Waals surface area contributed by atoms with Crippen molar-refractivity contribution in [3.63, 3.8) is 0 Å². The minimum absolute atomic E-state index is 0. The molecular formula is C16H16BrClN4. The quantitative estimate of drug-likeness (QED) is 0.734. The van der Waals surface area contributed by atoms with Crippen LogP contribution in [-0.4, -0.2) is 14.8 Å². The van der Waals surface area contributed by atoms with Crippen LogP contribution in [0.15, 0.2) is 65.4 Å². The number of hydrogen-bond acceptors (Lipinski definition) is 3. The zero-order chi connectivity index (χ0) is 14.5. The molecule has 2 aromatic carbocycles. The van der Waals surface area contributed by atoms with E-state index in [0.717, 1.165) is 22.5 Å². The van der Waals surface area contributed by atoms with Crippen LogP contribution >= 0.6 is 28.3 Å². The van der Waals surface area contributed by atoms with Crippen molar-refractivity contribution in [3.05, 3.63) is 76.8 Å². The van der Waals surface area contributed by atoms with Crippen molar-refractivity contribution in [2.75, 3.05) is 0 Å². The molecular weight excluding hydrogens is 364 g/mol. The van der Waals surface area contributed by atoms with Gasteiger partial charge in [0.15, 0.2) is 5.82 Å². The number of hydrogen-bond donors (Lipinski definition) is 1. The molecule has 1 aromatic heterocycles. The summed E-state index contributed by atoms with van der Waals surface area (Å²) in [7, 11) is 0. The van der Waals surface area contributed by atoms with Gasteiger partial charge < -0.3 is 5.32 Å². The van der Waals surface area contributed by atoms with E-state index in [2.05, 4.69) is 43.6 Å². The van der Waals surface area contributed by atoms with Gasteiger partial charge in [-0.3, -0.25) is 4.57 Å². The van der Waals surface area contributed by atoms with E-state index in [1.165, 1.54) is 5.56 Å². The summed E-state index contributed by atoms with van der Waals surface area (Å²) in [6.07, 6.45) is 1.74. The lowest BCUT2D eigenvalue weighted by molar-refractivity contribution is 0.651. The Bertz CT molecular complexity index is 698. The van der Waals surface area contributed by atoms with Gasteiger partial charge in [0, 0.05) is 16.7 Å². The van der Waals surface area contributed by atoms with Crippen LogP contribution in [0.3, 0.4) is 0 Å². The van der Waals surface area contributed by atoms with Crippen molar-refractivity contribution in [2.45, 2.75) is 13.1 Å². The summed E-state index contributed by atoms with van der Waals surface area (Å²) in [6, 6.07) is 18.4. The number of aromatic nitrogens is 3. The zero-order valence-electron chi connectivity index (χ0n) is 11.8. The van der Waals surface area contributed by atoms with Crippen molar-refractivity contribution < 1.29 is 0 Å². The van der Waals surface area contributed by atoms with Crippen molar-refractivity contribution in [1.82, 2.24) is 20.1 Å². The van der Waals surface area contributed by atoms with E-state index in [1.807, 2.05) is 47.0 Å². The Hall–Kier alpha value is -1.69. The third-order valence-electron chi connectivity index (χ3n) is 3.18. The Kier molecular flexibility index (Phi) is 6.12. The molecule has 1 N–H and O–H groups in total. The van der Waals surface area contributed by atoms with E-state index >= 15 is 0 Å². The third-order valence-corrected chi connectivity index (χ3v) is 3.71. The van der Waals surface area contributed by atoms with E-state index in [-0.39, 0.29) is 12.4 Å². The highest BCUT2D eigenvalue weighted by atomic mass is 79.9. The fourth-order valence-electron chi connectivity index (χ4n) is 2.10. The molecule has 1 heterocycles.